The number of likely N-dealkylation sites (tertiary alicyclic amines) is 1. The molecule has 1 aromatic rings. The maximum Gasteiger partial charge on any atom is 0.138 e. The summed E-state index contributed by atoms with van der Waals surface area (Å²) in [5.41, 5.74) is -0.0522. The van der Waals surface area contributed by atoms with Crippen LogP contribution in [0, 0.1) is 0 Å². The van der Waals surface area contributed by atoms with Crippen LogP contribution in [0.4, 0.5) is 11.6 Å². The largest absolute Gasteiger partial charge is 0.373 e. The van der Waals surface area contributed by atoms with Gasteiger partial charge in [0.05, 0.1) is 0 Å². The first-order valence-electron chi connectivity index (χ1n) is 7.83. The standard InChI is InChI=1S/C16H29N5/c1-11-9-12(7-8-21(11)6)18-14-10-13(17-5)19-15(20-14)16(2,3)4/h10-12H,7-9H2,1-6H3,(H2,17,18,19,20). The van der Waals surface area contributed by atoms with Crippen LogP contribution in [0.25, 0.3) is 0 Å². The summed E-state index contributed by atoms with van der Waals surface area (Å²) >= 11 is 0. The number of nitrogens with one attached hydrogen (secondary N) is 2. The quantitative estimate of drug-likeness (QED) is 0.897. The molecule has 1 aliphatic rings. The predicted molar refractivity (Wildman–Crippen MR) is 89.0 cm³/mol. The van der Waals surface area contributed by atoms with Gasteiger partial charge in [-0.05, 0) is 26.8 Å². The molecule has 5 nitrogen and oxygen atoms in total. The Morgan fingerprint density at radius 1 is 1.24 bits per heavy atom. The molecule has 0 spiro atoms. The highest BCUT2D eigenvalue weighted by atomic mass is 15.2. The molecule has 0 bridgehead atoms. The Balaban J connectivity index is 2.16. The molecule has 0 aliphatic carbocycles. The van der Waals surface area contributed by atoms with E-state index in [9.17, 15) is 0 Å². The van der Waals surface area contributed by atoms with Crippen LogP contribution in [-0.2, 0) is 5.41 Å². The summed E-state index contributed by atoms with van der Waals surface area (Å²) in [4.78, 5) is 11.7. The summed E-state index contributed by atoms with van der Waals surface area (Å²) in [5.74, 6) is 2.68. The van der Waals surface area contributed by atoms with Crippen molar-refractivity contribution in [2.75, 3.05) is 31.3 Å². The van der Waals surface area contributed by atoms with Crippen LogP contribution in [0.15, 0.2) is 6.07 Å². The Morgan fingerprint density at radius 2 is 1.90 bits per heavy atom. The second-order valence-corrected chi connectivity index (χ2v) is 7.16. The minimum Gasteiger partial charge on any atom is -0.373 e. The van der Waals surface area contributed by atoms with Gasteiger partial charge < -0.3 is 15.5 Å². The van der Waals surface area contributed by atoms with Gasteiger partial charge in [0.25, 0.3) is 0 Å². The third kappa shape index (κ3) is 4.06. The van der Waals surface area contributed by atoms with Crippen molar-refractivity contribution in [1.29, 1.82) is 0 Å². The second kappa shape index (κ2) is 6.18. The summed E-state index contributed by atoms with van der Waals surface area (Å²) in [6, 6.07) is 3.10. The molecular weight excluding hydrogens is 262 g/mol. The third-order valence-electron chi connectivity index (χ3n) is 4.21. The van der Waals surface area contributed by atoms with E-state index < -0.39 is 0 Å². The van der Waals surface area contributed by atoms with Crippen molar-refractivity contribution in [2.24, 2.45) is 0 Å². The van der Waals surface area contributed by atoms with Gasteiger partial charge in [0, 0.05) is 37.2 Å². The molecule has 2 atom stereocenters. The molecule has 1 saturated heterocycles. The van der Waals surface area contributed by atoms with Gasteiger partial charge >= 0.3 is 0 Å². The van der Waals surface area contributed by atoms with Gasteiger partial charge in [0.15, 0.2) is 0 Å². The smallest absolute Gasteiger partial charge is 0.138 e. The fourth-order valence-electron chi connectivity index (χ4n) is 2.61. The zero-order chi connectivity index (χ0) is 15.6. The van der Waals surface area contributed by atoms with E-state index >= 15 is 0 Å². The maximum absolute atomic E-state index is 4.71. The summed E-state index contributed by atoms with van der Waals surface area (Å²) in [6.45, 7) is 9.85. The molecule has 1 aliphatic heterocycles. The second-order valence-electron chi connectivity index (χ2n) is 7.16. The summed E-state index contributed by atoms with van der Waals surface area (Å²) in [5, 5.41) is 6.73. The third-order valence-corrected chi connectivity index (χ3v) is 4.21. The topological polar surface area (TPSA) is 53.1 Å². The molecular formula is C16H29N5. The van der Waals surface area contributed by atoms with Gasteiger partial charge in [-0.1, -0.05) is 20.8 Å². The molecule has 2 rings (SSSR count). The summed E-state index contributed by atoms with van der Waals surface area (Å²) in [7, 11) is 4.10. The summed E-state index contributed by atoms with van der Waals surface area (Å²) < 4.78 is 0. The lowest BCUT2D eigenvalue weighted by Gasteiger charge is -2.35. The Labute approximate surface area is 128 Å². The van der Waals surface area contributed by atoms with E-state index in [-0.39, 0.29) is 5.41 Å². The number of piperidine rings is 1. The fraction of sp³-hybridized carbons (Fsp3) is 0.750. The maximum atomic E-state index is 4.71. The minimum atomic E-state index is -0.0522. The number of rotatable bonds is 3. The van der Waals surface area contributed by atoms with E-state index in [0.717, 1.165) is 36.8 Å². The van der Waals surface area contributed by atoms with Crippen LogP contribution >= 0.6 is 0 Å². The molecule has 1 fully saturated rings. The van der Waals surface area contributed by atoms with E-state index in [0.29, 0.717) is 12.1 Å². The average Bonchev–Trinajstić information content (AvgIpc) is 2.41. The molecule has 0 amide bonds. The van der Waals surface area contributed by atoms with Crippen molar-refractivity contribution in [3.8, 4) is 0 Å². The van der Waals surface area contributed by atoms with E-state index in [4.69, 9.17) is 4.98 Å². The highest BCUT2D eigenvalue weighted by Gasteiger charge is 2.24. The first-order chi connectivity index (χ1) is 9.79. The van der Waals surface area contributed by atoms with Gasteiger partial charge in [-0.2, -0.15) is 0 Å². The number of hydrogen-bond acceptors (Lipinski definition) is 5. The molecule has 2 heterocycles. The molecule has 0 saturated carbocycles. The van der Waals surface area contributed by atoms with Crippen molar-refractivity contribution >= 4 is 11.6 Å². The lowest BCUT2D eigenvalue weighted by atomic mass is 9.95. The van der Waals surface area contributed by atoms with Gasteiger partial charge in [-0.25, -0.2) is 9.97 Å². The van der Waals surface area contributed by atoms with Crippen LogP contribution in [-0.4, -0.2) is 47.6 Å². The SMILES string of the molecule is CNc1cc(NC2CCN(C)C(C)C2)nc(C(C)(C)C)n1. The minimum absolute atomic E-state index is 0.0522. The first-order valence-corrected chi connectivity index (χ1v) is 7.83. The number of hydrogen-bond donors (Lipinski definition) is 2. The molecule has 0 radical (unpaired) electrons. The van der Waals surface area contributed by atoms with E-state index in [1.807, 2.05) is 13.1 Å². The van der Waals surface area contributed by atoms with Crippen molar-refractivity contribution < 1.29 is 0 Å². The average molecular weight is 291 g/mol. The van der Waals surface area contributed by atoms with Crippen LogP contribution in [0.3, 0.4) is 0 Å². The molecule has 118 valence electrons. The van der Waals surface area contributed by atoms with Crippen molar-refractivity contribution in [3.63, 3.8) is 0 Å². The van der Waals surface area contributed by atoms with E-state index in [1.54, 1.807) is 0 Å². The van der Waals surface area contributed by atoms with Gasteiger partial charge in [-0.15, -0.1) is 0 Å². The Morgan fingerprint density at radius 3 is 2.48 bits per heavy atom. The van der Waals surface area contributed by atoms with Crippen molar-refractivity contribution in [1.82, 2.24) is 14.9 Å². The first kappa shape index (κ1) is 16.0. The van der Waals surface area contributed by atoms with Gasteiger partial charge in [-0.3, -0.25) is 0 Å². The van der Waals surface area contributed by atoms with Crippen molar-refractivity contribution in [2.45, 2.75) is 58.0 Å². The fourth-order valence-corrected chi connectivity index (χ4v) is 2.61. The van der Waals surface area contributed by atoms with Crippen molar-refractivity contribution in [3.05, 3.63) is 11.9 Å². The van der Waals surface area contributed by atoms with Gasteiger partial charge in [0.2, 0.25) is 0 Å². The zero-order valence-corrected chi connectivity index (χ0v) is 14.2. The monoisotopic (exact) mass is 291 g/mol. The predicted octanol–water partition coefficient (Wildman–Crippen LogP) is 2.71. The number of nitrogens with zero attached hydrogens (tertiary/aromatic N) is 3. The van der Waals surface area contributed by atoms with E-state index in [1.165, 1.54) is 0 Å². The number of anilines is 2. The van der Waals surface area contributed by atoms with Crippen LogP contribution in [0.1, 0.15) is 46.4 Å². The lowest BCUT2D eigenvalue weighted by molar-refractivity contribution is 0.190. The molecule has 0 aromatic carbocycles. The molecule has 5 heteroatoms. The highest BCUT2D eigenvalue weighted by Crippen LogP contribution is 2.24. The van der Waals surface area contributed by atoms with E-state index in [2.05, 4.69) is 55.3 Å². The normalized spacial score (nSPS) is 23.9. The molecule has 1 aromatic heterocycles. The molecule has 21 heavy (non-hydrogen) atoms. The Hall–Kier alpha value is -1.36. The van der Waals surface area contributed by atoms with Crippen LogP contribution in [0.2, 0.25) is 0 Å². The Bertz CT molecular complexity index is 480. The zero-order valence-electron chi connectivity index (χ0n) is 14.2. The number of aromatic nitrogens is 2. The molecule has 2 unspecified atom stereocenters. The van der Waals surface area contributed by atoms with Gasteiger partial charge in [0.1, 0.15) is 17.5 Å². The highest BCUT2D eigenvalue weighted by molar-refractivity contribution is 5.48. The van der Waals surface area contributed by atoms with Crippen LogP contribution in [0.5, 0.6) is 0 Å². The van der Waals surface area contributed by atoms with Crippen LogP contribution < -0.4 is 10.6 Å². The molecule has 2 N–H and O–H groups in total. The Kier molecular flexibility index (Phi) is 4.71. The summed E-state index contributed by atoms with van der Waals surface area (Å²) in [6.07, 6.45) is 2.31. The lowest BCUT2D eigenvalue weighted by Crippen LogP contribution is -2.42.